The van der Waals surface area contributed by atoms with Crippen molar-refractivity contribution in [1.29, 1.82) is 0 Å². The third kappa shape index (κ3) is 8.07. The van der Waals surface area contributed by atoms with Crippen LogP contribution in [0.25, 0.3) is 0 Å². The van der Waals surface area contributed by atoms with Crippen molar-refractivity contribution in [3.8, 4) is 0 Å². The first-order chi connectivity index (χ1) is 16.9. The topological polar surface area (TPSA) is 113 Å². The Balaban J connectivity index is 1.27. The van der Waals surface area contributed by atoms with Gasteiger partial charge in [-0.2, -0.15) is 0 Å². The number of rotatable bonds is 12. The lowest BCUT2D eigenvalue weighted by molar-refractivity contribution is -0.147. The van der Waals surface area contributed by atoms with Gasteiger partial charge in [-0.3, -0.25) is 24.1 Å². The molecule has 1 aliphatic carbocycles. The Morgan fingerprint density at radius 1 is 1.09 bits per heavy atom. The van der Waals surface area contributed by atoms with E-state index in [0.29, 0.717) is 38.3 Å². The van der Waals surface area contributed by atoms with Gasteiger partial charge in [-0.25, -0.2) is 0 Å². The highest BCUT2D eigenvalue weighted by Crippen LogP contribution is 2.32. The molecule has 0 radical (unpaired) electrons. The fourth-order valence-corrected chi connectivity index (χ4v) is 5.74. The number of likely N-dealkylation sites (tertiary alicyclic amines) is 1. The van der Waals surface area contributed by atoms with Gasteiger partial charge in [0.1, 0.15) is 0 Å². The molecule has 1 saturated carbocycles. The van der Waals surface area contributed by atoms with Crippen LogP contribution in [0.2, 0.25) is 0 Å². The van der Waals surface area contributed by atoms with Crippen LogP contribution >= 0.6 is 11.8 Å². The summed E-state index contributed by atoms with van der Waals surface area (Å²) in [4.78, 5) is 51.0. The number of nitrogens with one attached hydrogen (secondary N) is 1. The molecular formula is C26H36N2O6S. The van der Waals surface area contributed by atoms with E-state index in [0.717, 1.165) is 42.6 Å². The minimum atomic E-state index is -0.407. The smallest absolute Gasteiger partial charge is 0.308 e. The molecule has 1 aromatic rings. The number of unbranched alkanes of at least 4 members (excludes halogenated alkanes) is 2. The lowest BCUT2D eigenvalue weighted by Gasteiger charge is -2.26. The number of benzene rings is 1. The number of hydrogen-bond donors (Lipinski definition) is 2. The largest absolute Gasteiger partial charge is 0.469 e. The fourth-order valence-electron chi connectivity index (χ4n) is 4.67. The van der Waals surface area contributed by atoms with Crippen molar-refractivity contribution >= 4 is 35.5 Å². The molecule has 3 amide bonds. The molecule has 9 heteroatoms. The molecule has 192 valence electrons. The van der Waals surface area contributed by atoms with E-state index in [1.165, 1.54) is 23.8 Å². The number of methoxy groups -OCH3 is 1. The Morgan fingerprint density at radius 3 is 2.46 bits per heavy atom. The number of esters is 1. The number of hydrogen-bond acceptors (Lipinski definition) is 7. The minimum Gasteiger partial charge on any atom is -0.469 e. The highest BCUT2D eigenvalue weighted by molar-refractivity contribution is 8.00. The molecule has 2 aliphatic rings. The molecule has 8 nitrogen and oxygen atoms in total. The summed E-state index contributed by atoms with van der Waals surface area (Å²) in [5.41, 5.74) is 0.807. The van der Waals surface area contributed by atoms with Gasteiger partial charge in [0, 0.05) is 30.8 Å². The van der Waals surface area contributed by atoms with Gasteiger partial charge in [-0.1, -0.05) is 18.6 Å². The van der Waals surface area contributed by atoms with Crippen molar-refractivity contribution in [3.63, 3.8) is 0 Å². The van der Waals surface area contributed by atoms with E-state index >= 15 is 0 Å². The molecule has 1 unspecified atom stereocenters. The summed E-state index contributed by atoms with van der Waals surface area (Å²) >= 11 is 1.38. The van der Waals surface area contributed by atoms with Crippen LogP contribution < -0.4 is 5.32 Å². The van der Waals surface area contributed by atoms with E-state index < -0.39 is 5.25 Å². The zero-order valence-electron chi connectivity index (χ0n) is 20.4. The van der Waals surface area contributed by atoms with E-state index in [9.17, 15) is 19.2 Å². The maximum Gasteiger partial charge on any atom is 0.308 e. The van der Waals surface area contributed by atoms with Crippen molar-refractivity contribution in [2.45, 2.75) is 74.5 Å². The maximum atomic E-state index is 12.7. The van der Waals surface area contributed by atoms with Crippen LogP contribution in [0.5, 0.6) is 0 Å². The Labute approximate surface area is 211 Å². The molecule has 0 aromatic heterocycles. The third-order valence-corrected chi connectivity index (χ3v) is 8.04. The number of amides is 3. The molecule has 3 rings (SSSR count). The first-order valence-corrected chi connectivity index (χ1v) is 13.3. The van der Waals surface area contributed by atoms with Crippen LogP contribution in [0.4, 0.5) is 0 Å². The lowest BCUT2D eigenvalue weighted by Crippen LogP contribution is -2.33. The second kappa shape index (κ2) is 13.6. The van der Waals surface area contributed by atoms with Crippen LogP contribution in [-0.4, -0.2) is 59.1 Å². The van der Waals surface area contributed by atoms with Gasteiger partial charge in [-0.05, 0) is 62.1 Å². The molecule has 0 bridgehead atoms. The summed E-state index contributed by atoms with van der Waals surface area (Å²) in [6.07, 6.45) is 6.28. The monoisotopic (exact) mass is 504 g/mol. The molecule has 35 heavy (non-hydrogen) atoms. The number of carbonyl (C=O) groups excluding carboxylic acids is 4. The van der Waals surface area contributed by atoms with E-state index in [1.807, 2.05) is 24.3 Å². The third-order valence-electron chi connectivity index (χ3n) is 6.84. The molecule has 2 fully saturated rings. The van der Waals surface area contributed by atoms with Gasteiger partial charge >= 0.3 is 5.97 Å². The van der Waals surface area contributed by atoms with E-state index in [4.69, 9.17) is 9.84 Å². The first-order valence-electron chi connectivity index (χ1n) is 12.5. The van der Waals surface area contributed by atoms with Crippen LogP contribution in [0.15, 0.2) is 29.2 Å². The van der Waals surface area contributed by atoms with Gasteiger partial charge in [0.2, 0.25) is 17.7 Å². The minimum absolute atomic E-state index is 0.00591. The summed E-state index contributed by atoms with van der Waals surface area (Å²) in [6.45, 7) is 1.01. The Bertz CT molecular complexity index is 882. The summed E-state index contributed by atoms with van der Waals surface area (Å²) in [5.74, 6) is 0.00820. The number of nitrogens with zero attached hydrogens (tertiary/aromatic N) is 1. The molecular weight excluding hydrogens is 468 g/mol. The molecule has 1 heterocycles. The normalized spacial score (nSPS) is 22.3. The van der Waals surface area contributed by atoms with E-state index in [2.05, 4.69) is 5.32 Å². The van der Waals surface area contributed by atoms with Crippen LogP contribution in [0.3, 0.4) is 0 Å². The predicted octanol–water partition coefficient (Wildman–Crippen LogP) is 3.05. The molecule has 1 aromatic carbocycles. The van der Waals surface area contributed by atoms with Crippen molar-refractivity contribution in [2.24, 2.45) is 11.8 Å². The zero-order chi connectivity index (χ0) is 25.2. The SMILES string of the molecule is COC(=O)C1CCC(CNC(=O)CCCCCN2C(=O)CC(Sc3ccc(CO)cc3)C2=O)CC1. The van der Waals surface area contributed by atoms with Crippen molar-refractivity contribution in [3.05, 3.63) is 29.8 Å². The maximum absolute atomic E-state index is 12.7. The molecule has 1 aliphatic heterocycles. The second-order valence-electron chi connectivity index (χ2n) is 9.35. The number of carbonyl (C=O) groups is 4. The van der Waals surface area contributed by atoms with E-state index in [1.54, 1.807) is 0 Å². The van der Waals surface area contributed by atoms with Crippen molar-refractivity contribution in [2.75, 3.05) is 20.2 Å². The van der Waals surface area contributed by atoms with Gasteiger partial charge in [0.05, 0.1) is 24.9 Å². The highest BCUT2D eigenvalue weighted by atomic mass is 32.2. The summed E-state index contributed by atoms with van der Waals surface area (Å²) in [5, 5.41) is 11.7. The van der Waals surface area contributed by atoms with Crippen molar-refractivity contribution < 1.29 is 29.0 Å². The van der Waals surface area contributed by atoms with Crippen LogP contribution in [0, 0.1) is 11.8 Å². The number of thioether (sulfide) groups is 1. The second-order valence-corrected chi connectivity index (χ2v) is 10.6. The number of imide groups is 1. The number of aliphatic hydroxyl groups is 1. The Morgan fingerprint density at radius 2 is 1.80 bits per heavy atom. The fraction of sp³-hybridized carbons (Fsp3) is 0.615. The standard InChI is InChI=1S/C26H36N2O6S/c1-34-26(33)20-10-6-18(7-11-20)16-27-23(30)5-3-2-4-14-28-24(31)15-22(25(28)32)35-21-12-8-19(17-29)9-13-21/h8-9,12-13,18,20,22,29H,2-7,10-11,14-17H2,1H3,(H,27,30). The average Bonchev–Trinajstić information content (AvgIpc) is 3.14. The number of ether oxygens (including phenoxy) is 1. The summed E-state index contributed by atoms with van der Waals surface area (Å²) in [6, 6.07) is 7.34. The van der Waals surface area contributed by atoms with E-state index in [-0.39, 0.29) is 42.6 Å². The summed E-state index contributed by atoms with van der Waals surface area (Å²) < 4.78 is 4.81. The summed E-state index contributed by atoms with van der Waals surface area (Å²) in [7, 11) is 1.42. The molecule has 1 saturated heterocycles. The van der Waals surface area contributed by atoms with Gasteiger partial charge in [0.25, 0.3) is 0 Å². The predicted molar refractivity (Wildman–Crippen MR) is 132 cm³/mol. The Hall–Kier alpha value is -2.39. The average molecular weight is 505 g/mol. The van der Waals surface area contributed by atoms with Gasteiger partial charge in [0.15, 0.2) is 0 Å². The van der Waals surface area contributed by atoms with Gasteiger partial charge in [-0.15, -0.1) is 11.8 Å². The quantitative estimate of drug-likeness (QED) is 0.256. The lowest BCUT2D eigenvalue weighted by atomic mass is 9.82. The molecule has 0 spiro atoms. The highest BCUT2D eigenvalue weighted by Gasteiger charge is 2.38. The van der Waals surface area contributed by atoms with Crippen molar-refractivity contribution in [1.82, 2.24) is 10.2 Å². The Kier molecular flexibility index (Phi) is 10.6. The molecule has 1 atom stereocenters. The van der Waals surface area contributed by atoms with Gasteiger partial charge < -0.3 is 15.2 Å². The van der Waals surface area contributed by atoms with Crippen LogP contribution in [-0.2, 0) is 30.5 Å². The zero-order valence-corrected chi connectivity index (χ0v) is 21.2. The molecule has 2 N–H and O–H groups in total. The first kappa shape index (κ1) is 27.2. The van der Waals surface area contributed by atoms with Crippen LogP contribution in [0.1, 0.15) is 63.4 Å². The number of aliphatic hydroxyl groups excluding tert-OH is 1.